The summed E-state index contributed by atoms with van der Waals surface area (Å²) in [7, 11) is 0. The molecule has 1 saturated heterocycles. The zero-order chi connectivity index (χ0) is 7.52. The first kappa shape index (κ1) is 6.54. The first-order chi connectivity index (χ1) is 5.45. The van der Waals surface area contributed by atoms with Crippen LogP contribution in [0, 0.1) is 0 Å². The molecule has 2 rings (SSSR count). The van der Waals surface area contributed by atoms with Crippen molar-refractivity contribution >= 4 is 0 Å². The van der Waals surface area contributed by atoms with Gasteiger partial charge in [0.2, 0.25) is 5.88 Å². The molecule has 58 valence electrons. The Morgan fingerprint density at radius 1 is 1.55 bits per heavy atom. The van der Waals surface area contributed by atoms with Gasteiger partial charge in [0.15, 0.2) is 0 Å². The highest BCUT2D eigenvalue weighted by atomic mass is 16.5. The molecular formula is C7H9N3O. The van der Waals surface area contributed by atoms with E-state index in [9.17, 15) is 0 Å². The van der Waals surface area contributed by atoms with E-state index < -0.39 is 0 Å². The van der Waals surface area contributed by atoms with Gasteiger partial charge in [0.25, 0.3) is 0 Å². The lowest BCUT2D eigenvalue weighted by Gasteiger charge is -2.26. The Morgan fingerprint density at radius 3 is 3.00 bits per heavy atom. The van der Waals surface area contributed by atoms with Crippen molar-refractivity contribution in [3.63, 3.8) is 0 Å². The minimum atomic E-state index is 0.296. The number of nitrogens with one attached hydrogen (secondary N) is 1. The average Bonchev–Trinajstić information content (AvgIpc) is 1.99. The molecule has 0 atom stereocenters. The molecule has 0 amide bonds. The summed E-state index contributed by atoms with van der Waals surface area (Å²) in [5.74, 6) is 0.659. The zero-order valence-electron chi connectivity index (χ0n) is 6.03. The maximum Gasteiger partial charge on any atom is 0.216 e. The van der Waals surface area contributed by atoms with Crippen LogP contribution in [0.3, 0.4) is 0 Å². The highest BCUT2D eigenvalue weighted by molar-refractivity contribution is 5.05. The predicted octanol–water partition coefficient (Wildman–Crippen LogP) is -0.173. The van der Waals surface area contributed by atoms with Crippen LogP contribution >= 0.6 is 0 Å². The normalized spacial score (nSPS) is 17.5. The fourth-order valence-electron chi connectivity index (χ4n) is 0.865. The van der Waals surface area contributed by atoms with Crippen LogP contribution in [0.15, 0.2) is 18.6 Å². The van der Waals surface area contributed by atoms with Gasteiger partial charge in [0, 0.05) is 25.4 Å². The van der Waals surface area contributed by atoms with E-state index in [1.807, 2.05) is 0 Å². The SMILES string of the molecule is c1cc(OC2CNC2)ncn1. The molecular weight excluding hydrogens is 142 g/mol. The Balaban J connectivity index is 1.95. The number of hydrogen-bond donors (Lipinski definition) is 1. The smallest absolute Gasteiger partial charge is 0.216 e. The van der Waals surface area contributed by atoms with E-state index >= 15 is 0 Å². The van der Waals surface area contributed by atoms with Crippen molar-refractivity contribution in [1.29, 1.82) is 0 Å². The lowest BCUT2D eigenvalue weighted by atomic mass is 10.2. The van der Waals surface area contributed by atoms with Gasteiger partial charge in [-0.05, 0) is 0 Å². The summed E-state index contributed by atoms with van der Waals surface area (Å²) in [5.41, 5.74) is 0. The van der Waals surface area contributed by atoms with Crippen molar-refractivity contribution in [3.05, 3.63) is 18.6 Å². The number of aromatic nitrogens is 2. The third-order valence-corrected chi connectivity index (χ3v) is 1.59. The molecule has 1 aliphatic rings. The van der Waals surface area contributed by atoms with Gasteiger partial charge in [-0.1, -0.05) is 0 Å². The average molecular weight is 151 g/mol. The summed E-state index contributed by atoms with van der Waals surface area (Å²) in [6.07, 6.45) is 3.46. The number of nitrogens with zero attached hydrogens (tertiary/aromatic N) is 2. The summed E-state index contributed by atoms with van der Waals surface area (Å²) in [5, 5.41) is 3.11. The lowest BCUT2D eigenvalue weighted by molar-refractivity contribution is 0.136. The molecule has 1 N–H and O–H groups in total. The summed E-state index contributed by atoms with van der Waals surface area (Å²) in [6.45, 7) is 1.84. The molecule has 4 nitrogen and oxygen atoms in total. The second kappa shape index (κ2) is 2.84. The minimum absolute atomic E-state index is 0.296. The second-order valence-corrected chi connectivity index (χ2v) is 2.45. The van der Waals surface area contributed by atoms with Crippen molar-refractivity contribution in [2.45, 2.75) is 6.10 Å². The van der Waals surface area contributed by atoms with Crippen LogP contribution in [0.4, 0.5) is 0 Å². The first-order valence-electron chi connectivity index (χ1n) is 3.58. The van der Waals surface area contributed by atoms with Gasteiger partial charge in [-0.15, -0.1) is 0 Å². The topological polar surface area (TPSA) is 47.0 Å². The molecule has 4 heteroatoms. The Morgan fingerprint density at radius 2 is 2.45 bits per heavy atom. The van der Waals surface area contributed by atoms with Crippen LogP contribution in [0.5, 0.6) is 5.88 Å². The molecule has 0 aliphatic carbocycles. The molecule has 0 bridgehead atoms. The monoisotopic (exact) mass is 151 g/mol. The number of ether oxygens (including phenoxy) is 1. The van der Waals surface area contributed by atoms with Gasteiger partial charge in [-0.3, -0.25) is 0 Å². The molecule has 0 aromatic carbocycles. The van der Waals surface area contributed by atoms with Gasteiger partial charge in [0.1, 0.15) is 12.4 Å². The van der Waals surface area contributed by atoms with Crippen molar-refractivity contribution < 1.29 is 4.74 Å². The van der Waals surface area contributed by atoms with Crippen molar-refractivity contribution in [3.8, 4) is 5.88 Å². The largest absolute Gasteiger partial charge is 0.472 e. The summed E-state index contributed by atoms with van der Waals surface area (Å²) in [6, 6.07) is 1.76. The van der Waals surface area contributed by atoms with Gasteiger partial charge in [0.05, 0.1) is 0 Å². The van der Waals surface area contributed by atoms with Crippen LogP contribution in [0.25, 0.3) is 0 Å². The molecule has 0 saturated carbocycles. The third-order valence-electron chi connectivity index (χ3n) is 1.59. The van der Waals surface area contributed by atoms with Gasteiger partial charge in [-0.2, -0.15) is 0 Å². The van der Waals surface area contributed by atoms with E-state index in [1.165, 1.54) is 6.33 Å². The molecule has 0 unspecified atom stereocenters. The van der Waals surface area contributed by atoms with Crippen LogP contribution < -0.4 is 10.1 Å². The van der Waals surface area contributed by atoms with Crippen molar-refractivity contribution in [1.82, 2.24) is 15.3 Å². The quantitative estimate of drug-likeness (QED) is 0.637. The summed E-state index contributed by atoms with van der Waals surface area (Å²) in [4.78, 5) is 7.73. The summed E-state index contributed by atoms with van der Waals surface area (Å²) < 4.78 is 5.44. The van der Waals surface area contributed by atoms with Gasteiger partial charge < -0.3 is 10.1 Å². The van der Waals surface area contributed by atoms with Crippen LogP contribution in [-0.2, 0) is 0 Å². The fraction of sp³-hybridized carbons (Fsp3) is 0.429. The van der Waals surface area contributed by atoms with E-state index in [0.717, 1.165) is 13.1 Å². The highest BCUT2D eigenvalue weighted by Crippen LogP contribution is 2.07. The van der Waals surface area contributed by atoms with Crippen LogP contribution in [0.1, 0.15) is 0 Å². The predicted molar refractivity (Wildman–Crippen MR) is 39.3 cm³/mol. The molecule has 1 aromatic rings. The summed E-state index contributed by atoms with van der Waals surface area (Å²) >= 11 is 0. The van der Waals surface area contributed by atoms with Gasteiger partial charge in [-0.25, -0.2) is 9.97 Å². The number of hydrogen-bond acceptors (Lipinski definition) is 4. The number of rotatable bonds is 2. The van der Waals surface area contributed by atoms with Gasteiger partial charge >= 0.3 is 0 Å². The van der Waals surface area contributed by atoms with E-state index in [4.69, 9.17) is 4.74 Å². The van der Waals surface area contributed by atoms with E-state index in [2.05, 4.69) is 15.3 Å². The molecule has 0 radical (unpaired) electrons. The van der Waals surface area contributed by atoms with Crippen LogP contribution in [0.2, 0.25) is 0 Å². The fourth-order valence-corrected chi connectivity index (χ4v) is 0.865. The Bertz CT molecular complexity index is 222. The molecule has 2 heterocycles. The van der Waals surface area contributed by atoms with Crippen LogP contribution in [-0.4, -0.2) is 29.2 Å². The first-order valence-corrected chi connectivity index (χ1v) is 3.58. The Hall–Kier alpha value is -1.16. The Labute approximate surface area is 64.6 Å². The standard InChI is InChI=1S/C7H9N3O/c1-2-8-5-10-7(1)11-6-3-9-4-6/h1-2,5-6,9H,3-4H2. The van der Waals surface area contributed by atoms with E-state index in [-0.39, 0.29) is 0 Å². The molecule has 1 aliphatic heterocycles. The lowest BCUT2D eigenvalue weighted by Crippen LogP contribution is -2.50. The second-order valence-electron chi connectivity index (χ2n) is 2.45. The molecule has 0 spiro atoms. The highest BCUT2D eigenvalue weighted by Gasteiger charge is 2.18. The minimum Gasteiger partial charge on any atom is -0.472 e. The maximum atomic E-state index is 5.44. The van der Waals surface area contributed by atoms with E-state index in [0.29, 0.717) is 12.0 Å². The third kappa shape index (κ3) is 1.46. The van der Waals surface area contributed by atoms with Crippen molar-refractivity contribution in [2.24, 2.45) is 0 Å². The maximum absolute atomic E-state index is 5.44. The molecule has 1 fully saturated rings. The van der Waals surface area contributed by atoms with E-state index in [1.54, 1.807) is 12.3 Å². The molecule has 1 aromatic heterocycles. The molecule has 11 heavy (non-hydrogen) atoms. The zero-order valence-corrected chi connectivity index (χ0v) is 6.03. The Kier molecular flexibility index (Phi) is 1.69. The van der Waals surface area contributed by atoms with Crippen molar-refractivity contribution in [2.75, 3.05) is 13.1 Å².